The largest absolute Gasteiger partial charge is 0.314 e. The van der Waals surface area contributed by atoms with Crippen LogP contribution in [-0.4, -0.2) is 12.6 Å². The summed E-state index contributed by atoms with van der Waals surface area (Å²) in [4.78, 5) is 0. The van der Waals surface area contributed by atoms with E-state index in [-0.39, 0.29) is 5.41 Å². The summed E-state index contributed by atoms with van der Waals surface area (Å²) in [6, 6.07) is 9.94. The molecule has 1 aromatic carbocycles. The number of nitrogens with one attached hydrogen (secondary N) is 1. The molecule has 0 saturated heterocycles. The molecule has 1 atom stereocenters. The zero-order valence-corrected chi connectivity index (χ0v) is 13.7. The van der Waals surface area contributed by atoms with E-state index in [2.05, 4.69) is 57.3 Å². The summed E-state index contributed by atoms with van der Waals surface area (Å²) in [6.45, 7) is 10.2. The minimum atomic E-state index is 0.256. The Labute approximate surface area is 125 Å². The van der Waals surface area contributed by atoms with Gasteiger partial charge in [-0.25, -0.2) is 0 Å². The van der Waals surface area contributed by atoms with Crippen molar-refractivity contribution >= 4 is 0 Å². The Kier molecular flexibility index (Phi) is 5.26. The van der Waals surface area contributed by atoms with E-state index in [1.807, 2.05) is 0 Å². The molecule has 1 aliphatic rings. The normalized spacial score (nSPS) is 17.2. The number of rotatable bonds is 7. The molecule has 0 spiro atoms. The molecule has 1 unspecified atom stereocenters. The van der Waals surface area contributed by atoms with E-state index in [0.717, 1.165) is 12.5 Å². The minimum absolute atomic E-state index is 0.256. The molecule has 1 fully saturated rings. The number of benzene rings is 1. The Bertz CT molecular complexity index is 395. The Morgan fingerprint density at radius 3 is 2.30 bits per heavy atom. The van der Waals surface area contributed by atoms with Gasteiger partial charge in [-0.3, -0.25) is 0 Å². The second-order valence-electron chi connectivity index (χ2n) is 7.48. The van der Waals surface area contributed by atoms with Crippen molar-refractivity contribution in [2.24, 2.45) is 5.92 Å². The molecule has 0 bridgehead atoms. The maximum Gasteiger partial charge on any atom is 0.0110 e. The summed E-state index contributed by atoms with van der Waals surface area (Å²) >= 11 is 0. The Balaban J connectivity index is 1.94. The van der Waals surface area contributed by atoms with Gasteiger partial charge in [0.05, 0.1) is 0 Å². The van der Waals surface area contributed by atoms with Gasteiger partial charge in [-0.2, -0.15) is 0 Å². The average Bonchev–Trinajstić information content (AvgIpc) is 3.19. The lowest BCUT2D eigenvalue weighted by atomic mass is 9.86. The van der Waals surface area contributed by atoms with E-state index in [0.29, 0.717) is 6.04 Å². The Hall–Kier alpha value is -0.820. The summed E-state index contributed by atoms with van der Waals surface area (Å²) < 4.78 is 0. The van der Waals surface area contributed by atoms with Gasteiger partial charge >= 0.3 is 0 Å². The summed E-state index contributed by atoms with van der Waals surface area (Å²) in [6.07, 6.45) is 6.67. The van der Waals surface area contributed by atoms with Crippen LogP contribution in [-0.2, 0) is 11.8 Å². The van der Waals surface area contributed by atoms with Crippen LogP contribution in [0.5, 0.6) is 0 Å². The number of hydrogen-bond acceptors (Lipinski definition) is 1. The van der Waals surface area contributed by atoms with Crippen molar-refractivity contribution in [2.45, 2.75) is 71.3 Å². The zero-order valence-electron chi connectivity index (χ0n) is 13.7. The van der Waals surface area contributed by atoms with E-state index in [9.17, 15) is 0 Å². The van der Waals surface area contributed by atoms with Crippen molar-refractivity contribution in [1.82, 2.24) is 5.32 Å². The molecule has 0 aliphatic heterocycles. The monoisotopic (exact) mass is 273 g/mol. The fraction of sp³-hybridized carbons (Fsp3) is 0.684. The molecular weight excluding hydrogens is 242 g/mol. The maximum absolute atomic E-state index is 3.73. The van der Waals surface area contributed by atoms with E-state index >= 15 is 0 Å². The summed E-state index contributed by atoms with van der Waals surface area (Å²) in [5, 5.41) is 3.73. The molecule has 1 saturated carbocycles. The Morgan fingerprint density at radius 1 is 1.15 bits per heavy atom. The minimum Gasteiger partial charge on any atom is -0.314 e. The third-order valence-corrected chi connectivity index (χ3v) is 4.30. The zero-order chi connectivity index (χ0) is 14.6. The first-order chi connectivity index (χ1) is 9.49. The third-order valence-electron chi connectivity index (χ3n) is 4.30. The molecule has 1 N–H and O–H groups in total. The van der Waals surface area contributed by atoms with Gasteiger partial charge in [0.2, 0.25) is 0 Å². The molecule has 1 nitrogen and oxygen atoms in total. The van der Waals surface area contributed by atoms with Crippen LogP contribution in [0.15, 0.2) is 24.3 Å². The topological polar surface area (TPSA) is 12.0 Å². The molecule has 0 heterocycles. The molecule has 20 heavy (non-hydrogen) atoms. The van der Waals surface area contributed by atoms with Gasteiger partial charge in [-0.1, -0.05) is 64.8 Å². The first-order valence-corrected chi connectivity index (χ1v) is 8.32. The van der Waals surface area contributed by atoms with Crippen molar-refractivity contribution in [2.75, 3.05) is 6.54 Å². The van der Waals surface area contributed by atoms with E-state index in [4.69, 9.17) is 0 Å². The van der Waals surface area contributed by atoms with Gasteiger partial charge < -0.3 is 5.32 Å². The first-order valence-electron chi connectivity index (χ1n) is 8.32. The molecule has 1 heteroatoms. The van der Waals surface area contributed by atoms with Crippen LogP contribution in [0.2, 0.25) is 0 Å². The van der Waals surface area contributed by atoms with Gasteiger partial charge in [-0.05, 0) is 48.3 Å². The highest BCUT2D eigenvalue weighted by molar-refractivity contribution is 5.28. The smallest absolute Gasteiger partial charge is 0.0110 e. The van der Waals surface area contributed by atoms with Crippen LogP contribution >= 0.6 is 0 Å². The molecule has 2 rings (SSSR count). The maximum atomic E-state index is 3.73. The second kappa shape index (κ2) is 6.76. The van der Waals surface area contributed by atoms with Crippen LogP contribution in [0.25, 0.3) is 0 Å². The van der Waals surface area contributed by atoms with Gasteiger partial charge in [-0.15, -0.1) is 0 Å². The Morgan fingerprint density at radius 2 is 1.80 bits per heavy atom. The first kappa shape index (κ1) is 15.6. The van der Waals surface area contributed by atoms with E-state index < -0.39 is 0 Å². The number of hydrogen-bond donors (Lipinski definition) is 1. The molecular formula is C19H31N. The molecule has 0 aromatic heterocycles. The van der Waals surface area contributed by atoms with Crippen molar-refractivity contribution in [3.05, 3.63) is 35.4 Å². The van der Waals surface area contributed by atoms with Gasteiger partial charge in [0.25, 0.3) is 0 Å². The summed E-state index contributed by atoms with van der Waals surface area (Å²) in [5.74, 6) is 0.998. The van der Waals surface area contributed by atoms with Crippen molar-refractivity contribution in [3.63, 3.8) is 0 Å². The van der Waals surface area contributed by atoms with Crippen LogP contribution in [0.4, 0.5) is 0 Å². The van der Waals surface area contributed by atoms with E-state index in [1.54, 1.807) is 0 Å². The highest BCUT2D eigenvalue weighted by Crippen LogP contribution is 2.34. The van der Waals surface area contributed by atoms with Crippen LogP contribution < -0.4 is 5.32 Å². The fourth-order valence-corrected chi connectivity index (χ4v) is 2.77. The van der Waals surface area contributed by atoms with Gasteiger partial charge in [0.15, 0.2) is 0 Å². The predicted molar refractivity (Wildman–Crippen MR) is 88.3 cm³/mol. The van der Waals surface area contributed by atoms with Crippen LogP contribution in [0.3, 0.4) is 0 Å². The van der Waals surface area contributed by atoms with Crippen LogP contribution in [0, 0.1) is 5.92 Å². The molecule has 112 valence electrons. The lowest BCUT2D eigenvalue weighted by Gasteiger charge is -2.21. The third kappa shape index (κ3) is 4.94. The summed E-state index contributed by atoms with van der Waals surface area (Å²) in [5.41, 5.74) is 3.17. The SMILES string of the molecule is CCCNC(Cc1ccc(C(C)(C)C)cc1)CC1CC1. The average molecular weight is 273 g/mol. The van der Waals surface area contributed by atoms with Crippen LogP contribution in [0.1, 0.15) is 64.5 Å². The highest BCUT2D eigenvalue weighted by atomic mass is 14.9. The quantitative estimate of drug-likeness (QED) is 0.759. The van der Waals surface area contributed by atoms with Crippen molar-refractivity contribution < 1.29 is 0 Å². The molecule has 0 amide bonds. The molecule has 1 aromatic rings. The van der Waals surface area contributed by atoms with Crippen molar-refractivity contribution in [1.29, 1.82) is 0 Å². The fourth-order valence-electron chi connectivity index (χ4n) is 2.77. The summed E-state index contributed by atoms with van der Waals surface area (Å²) in [7, 11) is 0. The molecule has 1 aliphatic carbocycles. The highest BCUT2D eigenvalue weighted by Gasteiger charge is 2.25. The predicted octanol–water partition coefficient (Wildman–Crippen LogP) is 4.69. The lowest BCUT2D eigenvalue weighted by molar-refractivity contribution is 0.455. The van der Waals surface area contributed by atoms with Crippen molar-refractivity contribution in [3.8, 4) is 0 Å². The molecule has 0 radical (unpaired) electrons. The van der Waals surface area contributed by atoms with Gasteiger partial charge in [0, 0.05) is 6.04 Å². The lowest BCUT2D eigenvalue weighted by Crippen LogP contribution is -2.32. The van der Waals surface area contributed by atoms with E-state index in [1.165, 1.54) is 43.2 Å². The second-order valence-corrected chi connectivity index (χ2v) is 7.48. The standard InChI is InChI=1S/C19H31N/c1-5-12-20-18(13-15-6-7-15)14-16-8-10-17(11-9-16)19(2,3)4/h8-11,15,18,20H,5-7,12-14H2,1-4H3. The van der Waals surface area contributed by atoms with Gasteiger partial charge in [0.1, 0.15) is 0 Å².